The van der Waals surface area contributed by atoms with Crippen LogP contribution < -0.4 is 5.32 Å². The number of pyridine rings is 1. The van der Waals surface area contributed by atoms with E-state index < -0.39 is 0 Å². The maximum absolute atomic E-state index is 12.5. The van der Waals surface area contributed by atoms with Crippen LogP contribution >= 0.6 is 11.6 Å². The molecule has 0 saturated carbocycles. The molecule has 0 spiro atoms. The van der Waals surface area contributed by atoms with Crippen LogP contribution in [0.1, 0.15) is 37.1 Å². The third kappa shape index (κ3) is 5.28. The summed E-state index contributed by atoms with van der Waals surface area (Å²) in [4.78, 5) is 17.4. The summed E-state index contributed by atoms with van der Waals surface area (Å²) in [6.45, 7) is 9.12. The summed E-state index contributed by atoms with van der Waals surface area (Å²) in [5.74, 6) is 0.487. The molecule has 0 atom stereocenters. The summed E-state index contributed by atoms with van der Waals surface area (Å²) in [6.07, 6.45) is 3.15. The number of nitrogens with one attached hydrogen (secondary N) is 1. The lowest BCUT2D eigenvalue weighted by molar-refractivity contribution is -0.121. The van der Waals surface area contributed by atoms with Crippen molar-refractivity contribution < 1.29 is 4.79 Å². The molecule has 5 heteroatoms. The number of carbonyl (C=O) groups excluding carboxylic acids is 1. The first-order valence-electron chi connectivity index (χ1n) is 11.4. The van der Waals surface area contributed by atoms with Gasteiger partial charge in [0.25, 0.3) is 0 Å². The van der Waals surface area contributed by atoms with E-state index in [2.05, 4.69) is 73.9 Å². The highest BCUT2D eigenvalue weighted by Gasteiger charge is 2.17. The molecule has 0 aliphatic rings. The van der Waals surface area contributed by atoms with Gasteiger partial charge < -0.3 is 9.72 Å². The van der Waals surface area contributed by atoms with Gasteiger partial charge in [-0.25, -0.2) is 4.98 Å². The van der Waals surface area contributed by atoms with E-state index in [1.54, 1.807) is 0 Å². The maximum Gasteiger partial charge on any atom is 0.220 e. The van der Waals surface area contributed by atoms with Gasteiger partial charge in [0.15, 0.2) is 0 Å². The monoisotopic (exact) mass is 459 g/mol. The normalized spacial score (nSPS) is 11.3. The molecular weight excluding hydrogens is 430 g/mol. The Morgan fingerprint density at radius 1 is 1.03 bits per heavy atom. The first-order chi connectivity index (χ1) is 15.8. The second kappa shape index (κ2) is 9.80. The molecule has 33 heavy (non-hydrogen) atoms. The van der Waals surface area contributed by atoms with Crippen molar-refractivity contribution in [3.63, 3.8) is 0 Å². The molecule has 0 radical (unpaired) electrons. The Labute approximate surface area is 200 Å². The summed E-state index contributed by atoms with van der Waals surface area (Å²) in [5.41, 5.74) is 8.58. The van der Waals surface area contributed by atoms with Gasteiger partial charge in [-0.05, 0) is 67.1 Å². The third-order valence-corrected chi connectivity index (χ3v) is 6.09. The Morgan fingerprint density at radius 2 is 1.76 bits per heavy atom. The van der Waals surface area contributed by atoms with Crippen LogP contribution in [0.15, 0.2) is 60.8 Å². The zero-order chi connectivity index (χ0) is 23.5. The van der Waals surface area contributed by atoms with Crippen LogP contribution in [0.3, 0.4) is 0 Å². The molecule has 0 unspecified atom stereocenters. The number of halogens is 1. The summed E-state index contributed by atoms with van der Waals surface area (Å²) >= 11 is 6.12. The van der Waals surface area contributed by atoms with E-state index in [-0.39, 0.29) is 5.91 Å². The van der Waals surface area contributed by atoms with Crippen LogP contribution in [0.5, 0.6) is 0 Å². The average Bonchev–Trinajstić information content (AvgIpc) is 3.16. The lowest BCUT2D eigenvalue weighted by Crippen LogP contribution is -2.27. The number of hydrogen-bond donors (Lipinski definition) is 1. The Balaban J connectivity index is 1.77. The number of aryl methyl sites for hydroxylation is 3. The molecule has 1 N–H and O–H groups in total. The molecule has 1 amide bonds. The lowest BCUT2D eigenvalue weighted by Gasteiger charge is -2.11. The predicted octanol–water partition coefficient (Wildman–Crippen LogP) is 6.64. The fourth-order valence-electron chi connectivity index (χ4n) is 4.02. The number of nitrogens with zero attached hydrogens (tertiary/aromatic N) is 2. The highest BCUT2D eigenvalue weighted by atomic mass is 35.5. The highest BCUT2D eigenvalue weighted by molar-refractivity contribution is 6.30. The van der Waals surface area contributed by atoms with Crippen LogP contribution in [-0.2, 0) is 11.2 Å². The van der Waals surface area contributed by atoms with Crippen molar-refractivity contribution in [1.29, 1.82) is 0 Å². The number of imidazole rings is 1. The Kier molecular flexibility index (Phi) is 6.85. The maximum atomic E-state index is 12.5. The van der Waals surface area contributed by atoms with E-state index in [0.29, 0.717) is 30.3 Å². The van der Waals surface area contributed by atoms with E-state index in [9.17, 15) is 4.79 Å². The molecule has 0 aliphatic carbocycles. The van der Waals surface area contributed by atoms with Gasteiger partial charge in [0.2, 0.25) is 5.91 Å². The first kappa shape index (κ1) is 23.1. The minimum Gasteiger partial charge on any atom is -0.356 e. The number of aromatic nitrogens is 2. The zero-order valence-electron chi connectivity index (χ0n) is 19.7. The second-order valence-electron chi connectivity index (χ2n) is 9.08. The highest BCUT2D eigenvalue weighted by Crippen LogP contribution is 2.30. The van der Waals surface area contributed by atoms with Crippen molar-refractivity contribution in [2.45, 2.75) is 40.5 Å². The van der Waals surface area contributed by atoms with Crippen molar-refractivity contribution >= 4 is 23.2 Å². The van der Waals surface area contributed by atoms with Crippen molar-refractivity contribution in [3.05, 3.63) is 82.6 Å². The van der Waals surface area contributed by atoms with Crippen LogP contribution in [0.25, 0.3) is 28.0 Å². The largest absolute Gasteiger partial charge is 0.356 e. The van der Waals surface area contributed by atoms with Crippen LogP contribution in [0, 0.1) is 19.8 Å². The number of fused-ring (bicyclic) bond motifs is 1. The summed E-state index contributed by atoms with van der Waals surface area (Å²) in [7, 11) is 0. The fourth-order valence-corrected chi connectivity index (χ4v) is 4.14. The summed E-state index contributed by atoms with van der Waals surface area (Å²) in [6, 6.07) is 18.4. The number of amides is 1. The van der Waals surface area contributed by atoms with Gasteiger partial charge in [-0.3, -0.25) is 4.79 Å². The molecule has 0 aliphatic heterocycles. The first-order valence-corrected chi connectivity index (χ1v) is 11.8. The third-order valence-electron chi connectivity index (χ3n) is 5.84. The predicted molar refractivity (Wildman–Crippen MR) is 137 cm³/mol. The van der Waals surface area contributed by atoms with Gasteiger partial charge in [0, 0.05) is 29.7 Å². The van der Waals surface area contributed by atoms with E-state index in [4.69, 9.17) is 16.6 Å². The summed E-state index contributed by atoms with van der Waals surface area (Å²) < 4.78 is 2.14. The van der Waals surface area contributed by atoms with Crippen LogP contribution in [0.4, 0.5) is 0 Å². The van der Waals surface area contributed by atoms with Crippen LogP contribution in [-0.4, -0.2) is 21.8 Å². The minimum atomic E-state index is 0.0615. The number of hydrogen-bond acceptors (Lipinski definition) is 2. The van der Waals surface area contributed by atoms with E-state index in [1.807, 2.05) is 24.3 Å². The van der Waals surface area contributed by atoms with Crippen molar-refractivity contribution in [1.82, 2.24) is 14.7 Å². The standard InChI is InChI=1S/C28H30ClN3O/c1-18(2)16-30-27(33)14-12-25-28(21-7-10-23(29)11-8-21)31-26-13-9-22(17-32(25)26)24-15-19(3)5-6-20(24)4/h5-11,13,15,17-18H,12,14,16H2,1-4H3,(H,30,33). The number of rotatable bonds is 7. The van der Waals surface area contributed by atoms with Gasteiger partial charge >= 0.3 is 0 Å². The van der Waals surface area contributed by atoms with E-state index in [0.717, 1.165) is 28.2 Å². The number of benzene rings is 2. The van der Waals surface area contributed by atoms with Crippen molar-refractivity contribution in [3.8, 4) is 22.4 Å². The number of carbonyl (C=O) groups is 1. The molecule has 4 nitrogen and oxygen atoms in total. The summed E-state index contributed by atoms with van der Waals surface area (Å²) in [5, 5.41) is 3.71. The zero-order valence-corrected chi connectivity index (χ0v) is 20.4. The molecule has 0 saturated heterocycles. The van der Waals surface area contributed by atoms with Gasteiger partial charge in [0.1, 0.15) is 5.65 Å². The van der Waals surface area contributed by atoms with Gasteiger partial charge in [-0.1, -0.05) is 61.3 Å². The molecule has 2 aromatic heterocycles. The SMILES string of the molecule is Cc1ccc(C)c(-c2ccc3nc(-c4ccc(Cl)cc4)c(CCC(=O)NCC(C)C)n3c2)c1. The molecule has 2 heterocycles. The average molecular weight is 460 g/mol. The Hall–Kier alpha value is -3.11. The van der Waals surface area contributed by atoms with Gasteiger partial charge in [-0.15, -0.1) is 0 Å². The Bertz CT molecular complexity index is 1290. The van der Waals surface area contributed by atoms with Gasteiger partial charge in [-0.2, -0.15) is 0 Å². The molecule has 4 aromatic rings. The van der Waals surface area contributed by atoms with Gasteiger partial charge in [0.05, 0.1) is 11.4 Å². The quantitative estimate of drug-likeness (QED) is 0.336. The second-order valence-corrected chi connectivity index (χ2v) is 9.51. The molecular formula is C28H30ClN3O. The lowest BCUT2D eigenvalue weighted by atomic mass is 10.00. The van der Waals surface area contributed by atoms with Crippen molar-refractivity contribution in [2.75, 3.05) is 6.54 Å². The molecule has 0 bridgehead atoms. The Morgan fingerprint density at radius 3 is 2.48 bits per heavy atom. The minimum absolute atomic E-state index is 0.0615. The fraction of sp³-hybridized carbons (Fsp3) is 0.286. The van der Waals surface area contributed by atoms with E-state index >= 15 is 0 Å². The van der Waals surface area contributed by atoms with Crippen molar-refractivity contribution in [2.24, 2.45) is 5.92 Å². The topological polar surface area (TPSA) is 46.4 Å². The molecule has 0 fully saturated rings. The molecule has 2 aromatic carbocycles. The molecule has 4 rings (SSSR count). The smallest absolute Gasteiger partial charge is 0.220 e. The molecule has 170 valence electrons. The van der Waals surface area contributed by atoms with Crippen LogP contribution in [0.2, 0.25) is 5.02 Å². The van der Waals surface area contributed by atoms with E-state index in [1.165, 1.54) is 16.7 Å².